The Hall–Kier alpha value is -2.31. The molecule has 1 N–H and O–H groups in total. The van der Waals surface area contributed by atoms with Crippen molar-refractivity contribution in [1.29, 1.82) is 0 Å². The van der Waals surface area contributed by atoms with Gasteiger partial charge in [-0.3, -0.25) is 4.79 Å². The van der Waals surface area contributed by atoms with Gasteiger partial charge in [-0.1, -0.05) is 46.2 Å². The largest absolute Gasteiger partial charge is 0.484 e. The van der Waals surface area contributed by atoms with Crippen molar-refractivity contribution in [3.8, 4) is 5.75 Å². The van der Waals surface area contributed by atoms with E-state index < -0.39 is 0 Å². The fourth-order valence-electron chi connectivity index (χ4n) is 2.71. The maximum atomic E-state index is 12.0. The van der Waals surface area contributed by atoms with Crippen molar-refractivity contribution in [3.63, 3.8) is 0 Å². The molecule has 27 heavy (non-hydrogen) atoms. The number of benzene rings is 2. The molecule has 0 unspecified atom stereocenters. The lowest BCUT2D eigenvalue weighted by Gasteiger charge is -2.10. The Bertz CT molecular complexity index is 954. The number of carbonyl (C=O) groups excluding carboxylic acids is 1. The van der Waals surface area contributed by atoms with E-state index in [0.717, 1.165) is 21.3 Å². The first-order valence-corrected chi connectivity index (χ1v) is 9.62. The normalized spacial score (nSPS) is 10.7. The summed E-state index contributed by atoms with van der Waals surface area (Å²) in [6, 6.07) is 14.8. The van der Waals surface area contributed by atoms with E-state index in [0.29, 0.717) is 30.3 Å². The lowest BCUT2D eigenvalue weighted by atomic mass is 10.3. The molecule has 7 heteroatoms. The first-order chi connectivity index (χ1) is 13.0. The molecule has 1 aromatic heterocycles. The van der Waals surface area contributed by atoms with Crippen molar-refractivity contribution in [2.75, 3.05) is 13.2 Å². The number of amides is 1. The zero-order valence-corrected chi connectivity index (χ0v) is 17.0. The molecule has 3 rings (SSSR count). The Labute approximate surface area is 171 Å². The predicted molar refractivity (Wildman–Crippen MR) is 111 cm³/mol. The van der Waals surface area contributed by atoms with Crippen LogP contribution in [0, 0.1) is 0 Å². The molecule has 0 atom stereocenters. The number of hydrogen-bond acceptors (Lipinski definition) is 3. The first-order valence-electron chi connectivity index (χ1n) is 8.45. The molecule has 3 aromatic rings. The Kier molecular flexibility index (Phi) is 6.53. The molecule has 0 bridgehead atoms. The summed E-state index contributed by atoms with van der Waals surface area (Å²) in [6.07, 6.45) is 0.613. The number of carbonyl (C=O) groups is 1. The van der Waals surface area contributed by atoms with Crippen molar-refractivity contribution in [2.45, 2.75) is 13.0 Å². The van der Waals surface area contributed by atoms with Gasteiger partial charge in [-0.25, -0.2) is 4.98 Å². The average Bonchev–Trinajstić information content (AvgIpc) is 2.98. The third-order valence-corrected chi connectivity index (χ3v) is 4.42. The molecule has 0 aliphatic heterocycles. The van der Waals surface area contributed by atoms with Crippen molar-refractivity contribution in [3.05, 3.63) is 70.4 Å². The molecule has 1 heterocycles. The van der Waals surface area contributed by atoms with E-state index in [2.05, 4.69) is 37.4 Å². The monoisotopic (exact) mass is 447 g/mol. The van der Waals surface area contributed by atoms with Crippen LogP contribution in [0.3, 0.4) is 0 Å². The van der Waals surface area contributed by atoms with Crippen LogP contribution in [0.15, 0.2) is 59.6 Å². The van der Waals surface area contributed by atoms with E-state index in [1.165, 1.54) is 0 Å². The van der Waals surface area contributed by atoms with Gasteiger partial charge in [-0.15, -0.1) is 0 Å². The minimum atomic E-state index is -0.183. The lowest BCUT2D eigenvalue weighted by Crippen LogP contribution is -2.31. The number of imidazole rings is 1. The number of fused-ring (bicyclic) bond motifs is 1. The molecule has 0 aliphatic rings. The molecule has 140 valence electrons. The van der Waals surface area contributed by atoms with Gasteiger partial charge in [-0.2, -0.15) is 0 Å². The molecule has 0 fully saturated rings. The molecule has 0 spiro atoms. The van der Waals surface area contributed by atoms with E-state index in [-0.39, 0.29) is 12.5 Å². The smallest absolute Gasteiger partial charge is 0.257 e. The van der Waals surface area contributed by atoms with Gasteiger partial charge in [0.05, 0.1) is 17.6 Å². The first kappa shape index (κ1) is 19.5. The molecule has 1 amide bonds. The summed E-state index contributed by atoms with van der Waals surface area (Å²) < 4.78 is 8.41. The minimum Gasteiger partial charge on any atom is -0.484 e. The van der Waals surface area contributed by atoms with Gasteiger partial charge in [0.2, 0.25) is 0 Å². The van der Waals surface area contributed by atoms with E-state index >= 15 is 0 Å². The molecule has 5 nitrogen and oxygen atoms in total. The fraction of sp³-hybridized carbons (Fsp3) is 0.200. The number of rotatable bonds is 8. The highest BCUT2D eigenvalue weighted by Crippen LogP contribution is 2.19. The van der Waals surface area contributed by atoms with Gasteiger partial charge < -0.3 is 14.6 Å². The lowest BCUT2D eigenvalue weighted by molar-refractivity contribution is -0.123. The van der Waals surface area contributed by atoms with Crippen molar-refractivity contribution < 1.29 is 9.53 Å². The highest BCUT2D eigenvalue weighted by Gasteiger charge is 2.11. The molecule has 0 aliphatic carbocycles. The topological polar surface area (TPSA) is 56.2 Å². The SMILES string of the molecule is C=C(Br)Cn1c(CCNC(=O)COc2ccc(Cl)cc2)nc2ccccc21. The second kappa shape index (κ2) is 9.06. The third-order valence-electron chi connectivity index (χ3n) is 3.92. The highest BCUT2D eigenvalue weighted by molar-refractivity contribution is 9.11. The molecule has 0 radical (unpaired) electrons. The third kappa shape index (κ3) is 5.34. The highest BCUT2D eigenvalue weighted by atomic mass is 79.9. The molecular formula is C20H19BrClN3O2. The Morgan fingerprint density at radius 3 is 2.70 bits per heavy atom. The van der Waals surface area contributed by atoms with Crippen molar-refractivity contribution >= 4 is 44.5 Å². The van der Waals surface area contributed by atoms with Crippen LogP contribution in [-0.4, -0.2) is 28.6 Å². The summed E-state index contributed by atoms with van der Waals surface area (Å²) >= 11 is 9.24. The molecule has 0 saturated carbocycles. The maximum absolute atomic E-state index is 12.0. The Balaban J connectivity index is 1.55. The van der Waals surface area contributed by atoms with Crippen LogP contribution in [0.4, 0.5) is 0 Å². The average molecular weight is 449 g/mol. The maximum Gasteiger partial charge on any atom is 0.257 e. The Morgan fingerprint density at radius 1 is 1.22 bits per heavy atom. The number of halogens is 2. The fourth-order valence-corrected chi connectivity index (χ4v) is 3.09. The summed E-state index contributed by atoms with van der Waals surface area (Å²) in [7, 11) is 0. The minimum absolute atomic E-state index is 0.0454. The number of ether oxygens (including phenoxy) is 1. The van der Waals surface area contributed by atoms with Crippen molar-refractivity contribution in [2.24, 2.45) is 0 Å². The van der Waals surface area contributed by atoms with Crippen LogP contribution >= 0.6 is 27.5 Å². The van der Waals surface area contributed by atoms with Gasteiger partial charge in [-0.05, 0) is 36.4 Å². The number of aromatic nitrogens is 2. The van der Waals surface area contributed by atoms with E-state index in [1.54, 1.807) is 24.3 Å². The van der Waals surface area contributed by atoms with Gasteiger partial charge in [0.15, 0.2) is 6.61 Å². The number of nitrogens with zero attached hydrogens (tertiary/aromatic N) is 2. The number of hydrogen-bond donors (Lipinski definition) is 1. The zero-order valence-electron chi connectivity index (χ0n) is 14.6. The van der Waals surface area contributed by atoms with Crippen LogP contribution in [-0.2, 0) is 17.8 Å². The summed E-state index contributed by atoms with van der Waals surface area (Å²) in [4.78, 5) is 16.7. The van der Waals surface area contributed by atoms with Gasteiger partial charge >= 0.3 is 0 Å². The predicted octanol–water partition coefficient (Wildman–Crippen LogP) is 4.34. The molecular weight excluding hydrogens is 430 g/mol. The van der Waals surface area contributed by atoms with Crippen LogP contribution in [0.5, 0.6) is 5.75 Å². The standard InChI is InChI=1S/C20H19BrClN3O2/c1-14(21)12-25-18-5-3-2-4-17(18)24-19(25)10-11-23-20(26)13-27-16-8-6-15(22)7-9-16/h2-9H,1,10-13H2,(H,23,26). The number of allylic oxidation sites excluding steroid dienone is 1. The van der Waals surface area contributed by atoms with Gasteiger partial charge in [0.25, 0.3) is 5.91 Å². The second-order valence-electron chi connectivity index (χ2n) is 5.96. The zero-order chi connectivity index (χ0) is 19.2. The van der Waals surface area contributed by atoms with E-state index in [1.807, 2.05) is 24.3 Å². The number of para-hydroxylation sites is 2. The van der Waals surface area contributed by atoms with Crippen LogP contribution < -0.4 is 10.1 Å². The van der Waals surface area contributed by atoms with E-state index in [9.17, 15) is 4.79 Å². The van der Waals surface area contributed by atoms with Crippen LogP contribution in [0.2, 0.25) is 5.02 Å². The summed E-state index contributed by atoms with van der Waals surface area (Å²) in [5, 5.41) is 3.49. The molecule has 0 saturated heterocycles. The Morgan fingerprint density at radius 2 is 1.96 bits per heavy atom. The van der Waals surface area contributed by atoms with Crippen LogP contribution in [0.25, 0.3) is 11.0 Å². The second-order valence-corrected chi connectivity index (χ2v) is 7.52. The summed E-state index contributed by atoms with van der Waals surface area (Å²) in [5.41, 5.74) is 1.98. The summed E-state index contributed by atoms with van der Waals surface area (Å²) in [6.45, 7) is 4.97. The van der Waals surface area contributed by atoms with Crippen molar-refractivity contribution in [1.82, 2.24) is 14.9 Å². The summed E-state index contributed by atoms with van der Waals surface area (Å²) in [5.74, 6) is 1.32. The number of nitrogens with one attached hydrogen (secondary N) is 1. The van der Waals surface area contributed by atoms with Gasteiger partial charge in [0.1, 0.15) is 11.6 Å². The molecule has 2 aromatic carbocycles. The van der Waals surface area contributed by atoms with Crippen LogP contribution in [0.1, 0.15) is 5.82 Å². The quantitative estimate of drug-likeness (QED) is 0.558. The van der Waals surface area contributed by atoms with E-state index in [4.69, 9.17) is 16.3 Å². The van der Waals surface area contributed by atoms with Gasteiger partial charge in [0, 0.05) is 22.5 Å².